The maximum atomic E-state index is 4.50. The summed E-state index contributed by atoms with van der Waals surface area (Å²) in [6, 6.07) is 11.3. The van der Waals surface area contributed by atoms with Gasteiger partial charge in [-0.25, -0.2) is 0 Å². The van der Waals surface area contributed by atoms with Gasteiger partial charge < -0.3 is 5.32 Å². The largest absolute Gasteiger partial charge is 0.310 e. The first-order valence-electron chi connectivity index (χ1n) is 7.86. The second-order valence-corrected chi connectivity index (χ2v) is 6.13. The van der Waals surface area contributed by atoms with Gasteiger partial charge in [-0.05, 0) is 48.9 Å². The molecule has 1 N–H and O–H groups in total. The van der Waals surface area contributed by atoms with Crippen molar-refractivity contribution in [2.75, 3.05) is 6.54 Å². The van der Waals surface area contributed by atoms with Gasteiger partial charge in [0.25, 0.3) is 0 Å². The summed E-state index contributed by atoms with van der Waals surface area (Å²) >= 11 is 0. The lowest BCUT2D eigenvalue weighted by atomic mass is 9.88. The molecule has 0 amide bonds. The summed E-state index contributed by atoms with van der Waals surface area (Å²) in [6.07, 6.45) is 5.94. The van der Waals surface area contributed by atoms with Crippen LogP contribution in [0, 0.1) is 11.8 Å². The minimum Gasteiger partial charge on any atom is -0.310 e. The predicted octanol–water partition coefficient (Wildman–Crippen LogP) is 4.32. The Hall–Kier alpha value is -1.41. The first kappa shape index (κ1) is 13.6. The number of nitrogens with zero attached hydrogens (tertiary/aromatic N) is 1. The van der Waals surface area contributed by atoms with Crippen molar-refractivity contribution in [1.82, 2.24) is 10.3 Å². The third-order valence-electron chi connectivity index (χ3n) is 4.65. The van der Waals surface area contributed by atoms with Gasteiger partial charge in [-0.1, -0.05) is 38.5 Å². The Morgan fingerprint density at radius 1 is 1.25 bits per heavy atom. The molecule has 0 spiro atoms. The molecular weight excluding hydrogens is 244 g/mol. The zero-order valence-electron chi connectivity index (χ0n) is 12.5. The summed E-state index contributed by atoms with van der Waals surface area (Å²) in [7, 11) is 0. The molecule has 2 nitrogen and oxygen atoms in total. The number of benzene rings is 1. The van der Waals surface area contributed by atoms with Crippen molar-refractivity contribution < 1.29 is 0 Å². The quantitative estimate of drug-likeness (QED) is 0.893. The van der Waals surface area contributed by atoms with Gasteiger partial charge in [-0.15, -0.1) is 0 Å². The van der Waals surface area contributed by atoms with Crippen molar-refractivity contribution in [3.63, 3.8) is 0 Å². The van der Waals surface area contributed by atoms with Crippen molar-refractivity contribution in [2.45, 2.75) is 39.2 Å². The highest BCUT2D eigenvalue weighted by Crippen LogP contribution is 2.40. The van der Waals surface area contributed by atoms with Gasteiger partial charge in [0.05, 0.1) is 5.52 Å². The van der Waals surface area contributed by atoms with E-state index < -0.39 is 0 Å². The highest BCUT2D eigenvalue weighted by Gasteiger charge is 2.30. The fourth-order valence-electron chi connectivity index (χ4n) is 3.70. The van der Waals surface area contributed by atoms with Crippen LogP contribution in [0.4, 0.5) is 0 Å². The summed E-state index contributed by atoms with van der Waals surface area (Å²) in [6.45, 7) is 5.61. The van der Waals surface area contributed by atoms with Crippen molar-refractivity contribution in [1.29, 1.82) is 0 Å². The van der Waals surface area contributed by atoms with E-state index in [4.69, 9.17) is 0 Å². The Morgan fingerprint density at radius 2 is 2.15 bits per heavy atom. The van der Waals surface area contributed by atoms with Crippen LogP contribution in [-0.4, -0.2) is 11.5 Å². The molecule has 2 aromatic rings. The lowest BCUT2D eigenvalue weighted by Crippen LogP contribution is -2.27. The van der Waals surface area contributed by atoms with Gasteiger partial charge in [0.1, 0.15) is 0 Å². The smallest absolute Gasteiger partial charge is 0.0705 e. The van der Waals surface area contributed by atoms with Gasteiger partial charge >= 0.3 is 0 Å². The van der Waals surface area contributed by atoms with E-state index in [1.165, 1.54) is 30.2 Å². The van der Waals surface area contributed by atoms with E-state index in [0.29, 0.717) is 6.04 Å². The maximum absolute atomic E-state index is 4.50. The van der Waals surface area contributed by atoms with Gasteiger partial charge in [0.15, 0.2) is 0 Å². The van der Waals surface area contributed by atoms with E-state index in [2.05, 4.69) is 48.4 Å². The van der Waals surface area contributed by atoms with Crippen molar-refractivity contribution >= 4 is 10.9 Å². The van der Waals surface area contributed by atoms with Crippen LogP contribution >= 0.6 is 0 Å². The minimum absolute atomic E-state index is 0.470. The molecule has 3 atom stereocenters. The Kier molecular flexibility index (Phi) is 4.02. The molecule has 3 rings (SSSR count). The average Bonchev–Trinajstić information content (AvgIpc) is 2.91. The number of pyridine rings is 1. The van der Waals surface area contributed by atoms with E-state index in [0.717, 1.165) is 23.9 Å². The molecule has 1 fully saturated rings. The fraction of sp³-hybridized carbons (Fsp3) is 0.500. The zero-order chi connectivity index (χ0) is 13.9. The molecular formula is C18H24N2. The minimum atomic E-state index is 0.470. The topological polar surface area (TPSA) is 24.9 Å². The van der Waals surface area contributed by atoms with E-state index in [9.17, 15) is 0 Å². The molecule has 1 heterocycles. The maximum Gasteiger partial charge on any atom is 0.0705 e. The second kappa shape index (κ2) is 5.92. The van der Waals surface area contributed by atoms with E-state index in [1.807, 2.05) is 12.3 Å². The molecule has 1 aliphatic rings. The number of hydrogen-bond acceptors (Lipinski definition) is 2. The Balaban J connectivity index is 2.01. The number of nitrogens with one attached hydrogen (secondary N) is 1. The summed E-state index contributed by atoms with van der Waals surface area (Å²) in [5, 5.41) is 5.03. The van der Waals surface area contributed by atoms with Gasteiger partial charge in [0, 0.05) is 17.6 Å². The molecule has 1 aromatic carbocycles. The normalized spacial score (nSPS) is 24.1. The lowest BCUT2D eigenvalue weighted by Gasteiger charge is -2.26. The van der Waals surface area contributed by atoms with Crippen LogP contribution in [0.1, 0.15) is 44.7 Å². The third kappa shape index (κ3) is 2.57. The van der Waals surface area contributed by atoms with Gasteiger partial charge in [-0.3, -0.25) is 4.98 Å². The highest BCUT2D eigenvalue weighted by atomic mass is 14.9. The SMILES string of the molecule is CCNC(c1cccc2ncccc12)C1CCC(C)C1. The second-order valence-electron chi connectivity index (χ2n) is 6.13. The molecule has 0 bridgehead atoms. The predicted molar refractivity (Wildman–Crippen MR) is 84.7 cm³/mol. The van der Waals surface area contributed by atoms with Crippen LogP contribution in [0.2, 0.25) is 0 Å². The van der Waals surface area contributed by atoms with E-state index in [-0.39, 0.29) is 0 Å². The van der Waals surface area contributed by atoms with Gasteiger partial charge in [-0.2, -0.15) is 0 Å². The number of aromatic nitrogens is 1. The molecule has 0 aliphatic heterocycles. The Morgan fingerprint density at radius 3 is 2.90 bits per heavy atom. The molecule has 0 radical (unpaired) electrons. The van der Waals surface area contributed by atoms with Crippen molar-refractivity contribution in [3.8, 4) is 0 Å². The first-order chi connectivity index (χ1) is 9.79. The number of fused-ring (bicyclic) bond motifs is 1. The fourth-order valence-corrected chi connectivity index (χ4v) is 3.70. The third-order valence-corrected chi connectivity index (χ3v) is 4.65. The summed E-state index contributed by atoms with van der Waals surface area (Å²) in [5.41, 5.74) is 2.54. The lowest BCUT2D eigenvalue weighted by molar-refractivity contribution is 0.367. The molecule has 1 saturated carbocycles. The average molecular weight is 268 g/mol. The molecule has 0 saturated heterocycles. The van der Waals surface area contributed by atoms with Crippen molar-refractivity contribution in [2.24, 2.45) is 11.8 Å². The van der Waals surface area contributed by atoms with E-state index in [1.54, 1.807) is 0 Å². The summed E-state index contributed by atoms with van der Waals surface area (Å²) in [5.74, 6) is 1.63. The highest BCUT2D eigenvalue weighted by molar-refractivity contribution is 5.82. The van der Waals surface area contributed by atoms with Crippen LogP contribution in [0.3, 0.4) is 0 Å². The summed E-state index contributed by atoms with van der Waals surface area (Å²) in [4.78, 5) is 4.50. The van der Waals surface area contributed by atoms with Crippen LogP contribution < -0.4 is 5.32 Å². The Bertz CT molecular complexity index is 573. The molecule has 1 aromatic heterocycles. The number of hydrogen-bond donors (Lipinski definition) is 1. The van der Waals surface area contributed by atoms with Crippen LogP contribution in [0.25, 0.3) is 10.9 Å². The van der Waals surface area contributed by atoms with E-state index >= 15 is 0 Å². The number of rotatable bonds is 4. The summed E-state index contributed by atoms with van der Waals surface area (Å²) < 4.78 is 0. The standard InChI is InChI=1S/C18H24N2/c1-3-19-18(14-10-9-13(2)12-14)16-6-4-8-17-15(16)7-5-11-20-17/h4-8,11,13-14,18-19H,3,9-10,12H2,1-2H3. The zero-order valence-corrected chi connectivity index (χ0v) is 12.5. The Labute approximate surface area is 121 Å². The monoisotopic (exact) mass is 268 g/mol. The van der Waals surface area contributed by atoms with Crippen molar-refractivity contribution in [3.05, 3.63) is 42.1 Å². The van der Waals surface area contributed by atoms with Crippen LogP contribution in [-0.2, 0) is 0 Å². The van der Waals surface area contributed by atoms with Crippen LogP contribution in [0.5, 0.6) is 0 Å². The van der Waals surface area contributed by atoms with Crippen LogP contribution in [0.15, 0.2) is 36.5 Å². The molecule has 3 unspecified atom stereocenters. The molecule has 2 heteroatoms. The molecule has 20 heavy (non-hydrogen) atoms. The van der Waals surface area contributed by atoms with Gasteiger partial charge in [0.2, 0.25) is 0 Å². The first-order valence-corrected chi connectivity index (χ1v) is 7.86. The molecule has 106 valence electrons. The molecule has 1 aliphatic carbocycles.